The van der Waals surface area contributed by atoms with Crippen molar-refractivity contribution in [1.82, 2.24) is 29.5 Å². The van der Waals surface area contributed by atoms with Crippen molar-refractivity contribution in [1.29, 1.82) is 0 Å². The van der Waals surface area contributed by atoms with Gasteiger partial charge in [0.05, 0.1) is 0 Å². The number of hydrogen-bond donors (Lipinski definition) is 0. The SMILES string of the molecule is Cn1nc([N+](=O)[O-])nc1-n1cncn1. The maximum absolute atomic E-state index is 10.4. The number of hydrogen-bond acceptors (Lipinski definition) is 6. The molecule has 0 saturated carbocycles. The molecule has 0 spiro atoms. The van der Waals surface area contributed by atoms with E-state index in [9.17, 15) is 10.1 Å². The molecule has 0 aliphatic heterocycles. The molecular weight excluding hydrogens is 190 g/mol. The van der Waals surface area contributed by atoms with Gasteiger partial charge in [-0.25, -0.2) is 4.98 Å². The highest BCUT2D eigenvalue weighted by molar-refractivity contribution is 5.15. The van der Waals surface area contributed by atoms with E-state index < -0.39 is 10.9 Å². The molecule has 0 aromatic carbocycles. The first kappa shape index (κ1) is 8.29. The van der Waals surface area contributed by atoms with Crippen molar-refractivity contribution in [3.05, 3.63) is 22.8 Å². The lowest BCUT2D eigenvalue weighted by atomic mass is 10.9. The molecule has 0 atom stereocenters. The van der Waals surface area contributed by atoms with Crippen molar-refractivity contribution in [3.8, 4) is 5.95 Å². The number of aromatic nitrogens is 6. The van der Waals surface area contributed by atoms with Gasteiger partial charge >= 0.3 is 11.9 Å². The van der Waals surface area contributed by atoms with Gasteiger partial charge in [0.15, 0.2) is 0 Å². The summed E-state index contributed by atoms with van der Waals surface area (Å²) in [5, 5.41) is 17.7. The average Bonchev–Trinajstić information content (AvgIpc) is 2.71. The quantitative estimate of drug-likeness (QED) is 0.463. The van der Waals surface area contributed by atoms with Gasteiger partial charge in [-0.15, -0.1) is 0 Å². The smallest absolute Gasteiger partial charge is 0.390 e. The van der Waals surface area contributed by atoms with E-state index in [-0.39, 0.29) is 5.95 Å². The van der Waals surface area contributed by atoms with Gasteiger partial charge in [-0.3, -0.25) is 0 Å². The van der Waals surface area contributed by atoms with Crippen molar-refractivity contribution in [2.75, 3.05) is 0 Å². The van der Waals surface area contributed by atoms with Crippen LogP contribution < -0.4 is 0 Å². The van der Waals surface area contributed by atoms with Crippen molar-refractivity contribution in [2.24, 2.45) is 7.05 Å². The molecule has 0 aliphatic rings. The largest absolute Gasteiger partial charge is 0.493 e. The normalized spacial score (nSPS) is 10.4. The van der Waals surface area contributed by atoms with Crippen molar-refractivity contribution < 1.29 is 4.92 Å². The van der Waals surface area contributed by atoms with Gasteiger partial charge in [0.25, 0.3) is 0 Å². The molecule has 2 aromatic heterocycles. The number of nitro groups is 1. The topological polar surface area (TPSA) is 105 Å². The first-order valence-electron chi connectivity index (χ1n) is 3.59. The van der Waals surface area contributed by atoms with Gasteiger partial charge in [-0.05, 0) is 9.91 Å². The Labute approximate surface area is 77.2 Å². The molecule has 0 aliphatic carbocycles. The summed E-state index contributed by atoms with van der Waals surface area (Å²) < 4.78 is 2.55. The minimum Gasteiger partial charge on any atom is -0.390 e. The van der Waals surface area contributed by atoms with E-state index in [1.807, 2.05) is 0 Å². The van der Waals surface area contributed by atoms with E-state index >= 15 is 0 Å². The predicted octanol–water partition coefficient (Wildman–Crippen LogP) is -0.696. The second-order valence-corrected chi connectivity index (χ2v) is 2.43. The minimum absolute atomic E-state index is 0.245. The van der Waals surface area contributed by atoms with E-state index in [4.69, 9.17) is 0 Å². The van der Waals surface area contributed by atoms with Gasteiger partial charge in [0, 0.05) is 12.1 Å². The molecule has 2 aromatic rings. The zero-order valence-corrected chi connectivity index (χ0v) is 7.10. The first-order valence-corrected chi connectivity index (χ1v) is 3.59. The lowest BCUT2D eigenvalue weighted by molar-refractivity contribution is -0.394. The highest BCUT2D eigenvalue weighted by Gasteiger charge is 2.20. The summed E-state index contributed by atoms with van der Waals surface area (Å²) in [7, 11) is 1.54. The molecule has 0 amide bonds. The van der Waals surface area contributed by atoms with Crippen LogP contribution >= 0.6 is 0 Å². The molecule has 72 valence electrons. The summed E-state index contributed by atoms with van der Waals surface area (Å²) in [5.74, 6) is -0.216. The van der Waals surface area contributed by atoms with Crippen LogP contribution in [0.5, 0.6) is 0 Å². The van der Waals surface area contributed by atoms with Crippen molar-refractivity contribution in [2.45, 2.75) is 0 Å². The third kappa shape index (κ3) is 1.20. The molecule has 2 rings (SSSR count). The molecule has 2 heterocycles. The van der Waals surface area contributed by atoms with E-state index in [2.05, 4.69) is 20.2 Å². The molecule has 0 fully saturated rings. The lowest BCUT2D eigenvalue weighted by Crippen LogP contribution is -2.04. The van der Waals surface area contributed by atoms with Gasteiger partial charge in [0.2, 0.25) is 0 Å². The maximum Gasteiger partial charge on any atom is 0.493 e. The van der Waals surface area contributed by atoms with E-state index in [1.54, 1.807) is 0 Å². The fourth-order valence-corrected chi connectivity index (χ4v) is 0.951. The number of aryl methyl sites for hydroxylation is 1. The van der Waals surface area contributed by atoms with E-state index in [1.165, 1.54) is 29.1 Å². The minimum atomic E-state index is -0.666. The van der Waals surface area contributed by atoms with Crippen LogP contribution in [0.2, 0.25) is 0 Å². The highest BCUT2D eigenvalue weighted by atomic mass is 16.6. The maximum atomic E-state index is 10.4. The summed E-state index contributed by atoms with van der Waals surface area (Å²) in [6, 6.07) is 0. The van der Waals surface area contributed by atoms with Crippen LogP contribution in [0, 0.1) is 10.1 Å². The number of nitrogens with zero attached hydrogens (tertiary/aromatic N) is 7. The van der Waals surface area contributed by atoms with Gasteiger partial charge in [-0.1, -0.05) is 0 Å². The van der Waals surface area contributed by atoms with Gasteiger partial charge in [0.1, 0.15) is 12.7 Å². The predicted molar refractivity (Wildman–Crippen MR) is 42.6 cm³/mol. The second-order valence-electron chi connectivity index (χ2n) is 2.43. The van der Waals surface area contributed by atoms with Crippen LogP contribution in [0.3, 0.4) is 0 Å². The molecule has 0 N–H and O–H groups in total. The van der Waals surface area contributed by atoms with Gasteiger partial charge < -0.3 is 10.1 Å². The Kier molecular flexibility index (Phi) is 1.70. The molecule has 0 radical (unpaired) electrons. The fraction of sp³-hybridized carbons (Fsp3) is 0.200. The Balaban J connectivity index is 2.50. The molecule has 0 unspecified atom stereocenters. The van der Waals surface area contributed by atoms with Gasteiger partial charge in [-0.2, -0.15) is 14.5 Å². The summed E-state index contributed by atoms with van der Waals surface area (Å²) in [6.07, 6.45) is 2.69. The average molecular weight is 195 g/mol. The van der Waals surface area contributed by atoms with E-state index in [0.717, 1.165) is 0 Å². The van der Waals surface area contributed by atoms with Crippen LogP contribution in [-0.2, 0) is 7.05 Å². The molecule has 14 heavy (non-hydrogen) atoms. The van der Waals surface area contributed by atoms with Crippen LogP contribution in [0.4, 0.5) is 5.95 Å². The molecule has 0 bridgehead atoms. The monoisotopic (exact) mass is 195 g/mol. The zero-order chi connectivity index (χ0) is 10.1. The van der Waals surface area contributed by atoms with Crippen LogP contribution in [0.1, 0.15) is 0 Å². The standard InChI is InChI=1S/C5H5N7O2/c1-10-5(11-3-6-2-7-11)8-4(9-10)12(13)14/h2-3H,1H3. The lowest BCUT2D eigenvalue weighted by Gasteiger charge is -1.89. The Bertz CT molecular complexity index is 458. The fourth-order valence-electron chi connectivity index (χ4n) is 0.951. The van der Waals surface area contributed by atoms with Crippen molar-refractivity contribution >= 4 is 5.95 Å². The van der Waals surface area contributed by atoms with Crippen LogP contribution in [-0.4, -0.2) is 34.5 Å². The summed E-state index contributed by atoms with van der Waals surface area (Å²) in [6.45, 7) is 0. The third-order valence-electron chi connectivity index (χ3n) is 1.52. The highest BCUT2D eigenvalue weighted by Crippen LogP contribution is 2.06. The second kappa shape index (κ2) is 2.87. The molecule has 9 nitrogen and oxygen atoms in total. The summed E-state index contributed by atoms with van der Waals surface area (Å²) >= 11 is 0. The Morgan fingerprint density at radius 2 is 2.36 bits per heavy atom. The van der Waals surface area contributed by atoms with Crippen molar-refractivity contribution in [3.63, 3.8) is 0 Å². The molecule has 9 heteroatoms. The first-order chi connectivity index (χ1) is 6.68. The summed E-state index contributed by atoms with van der Waals surface area (Å²) in [4.78, 5) is 17.1. The Morgan fingerprint density at radius 3 is 2.86 bits per heavy atom. The van der Waals surface area contributed by atoms with E-state index in [0.29, 0.717) is 0 Å². The van der Waals surface area contributed by atoms with Crippen LogP contribution in [0.15, 0.2) is 12.7 Å². The zero-order valence-electron chi connectivity index (χ0n) is 7.10. The molecular formula is C5H5N7O2. The number of rotatable bonds is 2. The Morgan fingerprint density at radius 1 is 1.57 bits per heavy atom. The summed E-state index contributed by atoms with van der Waals surface area (Å²) in [5.41, 5.74) is 0. The molecule has 0 saturated heterocycles. The Hall–Kier alpha value is -2.32. The van der Waals surface area contributed by atoms with Crippen LogP contribution in [0.25, 0.3) is 5.95 Å². The third-order valence-corrected chi connectivity index (χ3v) is 1.52.